The normalized spacial score (nSPS) is 11.4. The van der Waals surface area contributed by atoms with E-state index in [1.165, 1.54) is 6.07 Å². The standard InChI is InChI=1S/C11H7ClF3N5/c1-6-2-7(5-16)8(11(13,14)15)3-9(6)20-10(4-12)17-18-19-20/h2-3H,4H2,1H3. The molecule has 0 atom stereocenters. The van der Waals surface area contributed by atoms with Crippen LogP contribution >= 0.6 is 11.6 Å². The Labute approximate surface area is 116 Å². The lowest BCUT2D eigenvalue weighted by atomic mass is 10.0. The number of aryl methyl sites for hydroxylation is 1. The van der Waals surface area contributed by atoms with Crippen LogP contribution < -0.4 is 0 Å². The molecule has 1 aromatic heterocycles. The lowest BCUT2D eigenvalue weighted by Crippen LogP contribution is -2.12. The molecule has 9 heteroatoms. The summed E-state index contributed by atoms with van der Waals surface area (Å²) in [6.07, 6.45) is -4.64. The first-order chi connectivity index (χ1) is 9.38. The molecule has 5 nitrogen and oxygen atoms in total. The van der Waals surface area contributed by atoms with Crippen molar-refractivity contribution in [3.8, 4) is 11.8 Å². The average molecular weight is 302 g/mol. The highest BCUT2D eigenvalue weighted by atomic mass is 35.5. The van der Waals surface area contributed by atoms with Gasteiger partial charge >= 0.3 is 6.18 Å². The number of hydrogen-bond acceptors (Lipinski definition) is 4. The van der Waals surface area contributed by atoms with Crippen LogP contribution in [-0.4, -0.2) is 20.2 Å². The van der Waals surface area contributed by atoms with E-state index in [1.54, 1.807) is 6.92 Å². The molecule has 0 N–H and O–H groups in total. The van der Waals surface area contributed by atoms with Gasteiger partial charge in [0.1, 0.15) is 0 Å². The number of aromatic nitrogens is 4. The molecule has 1 aromatic carbocycles. The molecule has 0 fully saturated rings. The second-order valence-electron chi connectivity index (χ2n) is 3.93. The third kappa shape index (κ3) is 2.44. The van der Waals surface area contributed by atoms with Crippen molar-refractivity contribution in [2.24, 2.45) is 0 Å². The fraction of sp³-hybridized carbons (Fsp3) is 0.273. The fourth-order valence-electron chi connectivity index (χ4n) is 1.73. The van der Waals surface area contributed by atoms with Gasteiger partial charge < -0.3 is 0 Å². The molecule has 0 amide bonds. The highest BCUT2D eigenvalue weighted by Crippen LogP contribution is 2.34. The maximum absolute atomic E-state index is 12.9. The van der Waals surface area contributed by atoms with Crippen molar-refractivity contribution in [1.82, 2.24) is 20.2 Å². The molecule has 0 unspecified atom stereocenters. The molecule has 0 radical (unpaired) electrons. The number of tetrazole rings is 1. The van der Waals surface area contributed by atoms with E-state index < -0.39 is 17.3 Å². The van der Waals surface area contributed by atoms with Gasteiger partial charge in [0.15, 0.2) is 5.82 Å². The predicted octanol–water partition coefficient (Wildman–Crippen LogP) is 2.60. The lowest BCUT2D eigenvalue weighted by molar-refractivity contribution is -0.137. The van der Waals surface area contributed by atoms with E-state index in [4.69, 9.17) is 16.9 Å². The number of rotatable bonds is 2. The summed E-state index contributed by atoms with van der Waals surface area (Å²) in [5.41, 5.74) is -0.902. The second kappa shape index (κ2) is 5.09. The molecule has 104 valence electrons. The van der Waals surface area contributed by atoms with Crippen LogP contribution in [0.4, 0.5) is 13.2 Å². The minimum atomic E-state index is -4.64. The monoisotopic (exact) mass is 301 g/mol. The van der Waals surface area contributed by atoms with Crippen LogP contribution in [0.3, 0.4) is 0 Å². The summed E-state index contributed by atoms with van der Waals surface area (Å²) in [5.74, 6) is 0.168. The molecular weight excluding hydrogens is 295 g/mol. The Morgan fingerprint density at radius 3 is 2.65 bits per heavy atom. The van der Waals surface area contributed by atoms with E-state index in [2.05, 4.69) is 15.5 Å². The number of halogens is 4. The van der Waals surface area contributed by atoms with Gasteiger partial charge in [-0.1, -0.05) is 0 Å². The topological polar surface area (TPSA) is 67.4 Å². The zero-order valence-electron chi connectivity index (χ0n) is 10.1. The van der Waals surface area contributed by atoms with E-state index in [-0.39, 0.29) is 17.4 Å². The molecule has 0 aliphatic heterocycles. The summed E-state index contributed by atoms with van der Waals surface area (Å²) in [7, 11) is 0. The lowest BCUT2D eigenvalue weighted by Gasteiger charge is -2.13. The molecule has 0 saturated carbocycles. The number of hydrogen-bond donors (Lipinski definition) is 0. The summed E-state index contributed by atoms with van der Waals surface area (Å²) in [5, 5.41) is 19.4. The van der Waals surface area contributed by atoms with Crippen molar-refractivity contribution in [2.75, 3.05) is 0 Å². The van der Waals surface area contributed by atoms with Gasteiger partial charge in [-0.2, -0.15) is 23.1 Å². The molecule has 20 heavy (non-hydrogen) atoms. The van der Waals surface area contributed by atoms with Crippen molar-refractivity contribution in [2.45, 2.75) is 19.0 Å². The zero-order chi connectivity index (χ0) is 14.9. The zero-order valence-corrected chi connectivity index (χ0v) is 10.9. The molecule has 2 rings (SSSR count). The van der Waals surface area contributed by atoms with Gasteiger partial charge in [-0.25, -0.2) is 0 Å². The number of benzene rings is 1. The van der Waals surface area contributed by atoms with Crippen LogP contribution in [0.5, 0.6) is 0 Å². The largest absolute Gasteiger partial charge is 0.417 e. The van der Waals surface area contributed by atoms with Gasteiger partial charge in [-0.05, 0) is 35.0 Å². The number of alkyl halides is 4. The summed E-state index contributed by atoms with van der Waals surface area (Å²) in [6, 6.07) is 3.54. The van der Waals surface area contributed by atoms with Gasteiger partial charge in [0.2, 0.25) is 0 Å². The summed E-state index contributed by atoms with van der Waals surface area (Å²) >= 11 is 5.63. The molecule has 0 aliphatic carbocycles. The third-order valence-electron chi connectivity index (χ3n) is 2.64. The van der Waals surface area contributed by atoms with Crippen LogP contribution in [0.1, 0.15) is 22.5 Å². The fourth-order valence-corrected chi connectivity index (χ4v) is 1.89. The molecule has 1 heterocycles. The minimum Gasteiger partial charge on any atom is -0.196 e. The molecule has 0 aliphatic rings. The molecule has 0 spiro atoms. The van der Waals surface area contributed by atoms with Crippen LogP contribution in [-0.2, 0) is 12.1 Å². The van der Waals surface area contributed by atoms with Gasteiger partial charge in [0, 0.05) is 0 Å². The first-order valence-corrected chi connectivity index (χ1v) is 5.87. The van der Waals surface area contributed by atoms with Crippen molar-refractivity contribution < 1.29 is 13.2 Å². The summed E-state index contributed by atoms with van der Waals surface area (Å²) in [4.78, 5) is 0. The Balaban J connectivity index is 2.70. The Kier molecular flexibility index (Phi) is 3.63. The Morgan fingerprint density at radius 2 is 2.10 bits per heavy atom. The highest BCUT2D eigenvalue weighted by Gasteiger charge is 2.34. The predicted molar refractivity (Wildman–Crippen MR) is 63.2 cm³/mol. The molecule has 2 aromatic rings. The Bertz CT molecular complexity index is 686. The van der Waals surface area contributed by atoms with Gasteiger partial charge in [0.25, 0.3) is 0 Å². The van der Waals surface area contributed by atoms with E-state index in [1.807, 2.05) is 0 Å². The van der Waals surface area contributed by atoms with Gasteiger partial charge in [-0.3, -0.25) is 0 Å². The average Bonchev–Trinajstić information content (AvgIpc) is 2.84. The van der Waals surface area contributed by atoms with E-state index in [0.717, 1.165) is 16.8 Å². The van der Waals surface area contributed by atoms with E-state index in [0.29, 0.717) is 5.56 Å². The smallest absolute Gasteiger partial charge is 0.196 e. The van der Waals surface area contributed by atoms with Crippen LogP contribution in [0.15, 0.2) is 12.1 Å². The molecule has 0 bridgehead atoms. The van der Waals surface area contributed by atoms with Crippen LogP contribution in [0.2, 0.25) is 0 Å². The Hall–Kier alpha value is -2.14. The first-order valence-electron chi connectivity index (χ1n) is 5.34. The van der Waals surface area contributed by atoms with E-state index >= 15 is 0 Å². The maximum Gasteiger partial charge on any atom is 0.417 e. The van der Waals surface area contributed by atoms with Crippen LogP contribution in [0.25, 0.3) is 5.69 Å². The molecule has 0 saturated heterocycles. The van der Waals surface area contributed by atoms with Crippen molar-refractivity contribution in [1.29, 1.82) is 5.26 Å². The van der Waals surface area contributed by atoms with Gasteiger partial charge in [0.05, 0.1) is 28.8 Å². The number of nitriles is 1. The third-order valence-corrected chi connectivity index (χ3v) is 2.88. The highest BCUT2D eigenvalue weighted by molar-refractivity contribution is 6.16. The number of nitrogens with zero attached hydrogens (tertiary/aromatic N) is 5. The summed E-state index contributed by atoms with van der Waals surface area (Å²) < 4.78 is 39.9. The second-order valence-corrected chi connectivity index (χ2v) is 4.20. The van der Waals surface area contributed by atoms with Gasteiger partial charge in [-0.15, -0.1) is 16.7 Å². The minimum absolute atomic E-state index is 0.0478. The Morgan fingerprint density at radius 1 is 1.40 bits per heavy atom. The summed E-state index contributed by atoms with van der Waals surface area (Å²) in [6.45, 7) is 1.57. The van der Waals surface area contributed by atoms with Crippen molar-refractivity contribution in [3.63, 3.8) is 0 Å². The SMILES string of the molecule is Cc1cc(C#N)c(C(F)(F)F)cc1-n1nnnc1CCl. The maximum atomic E-state index is 12.9. The van der Waals surface area contributed by atoms with E-state index in [9.17, 15) is 13.2 Å². The first kappa shape index (κ1) is 14.3. The van der Waals surface area contributed by atoms with Crippen molar-refractivity contribution in [3.05, 3.63) is 34.6 Å². The van der Waals surface area contributed by atoms with Crippen molar-refractivity contribution >= 4 is 11.6 Å². The van der Waals surface area contributed by atoms with Crippen LogP contribution in [0, 0.1) is 18.3 Å². The quantitative estimate of drug-likeness (QED) is 0.800. The molecular formula is C11H7ClF3N5.